The Bertz CT molecular complexity index is 1460. The van der Waals surface area contributed by atoms with E-state index >= 15 is 0 Å². The van der Waals surface area contributed by atoms with Gasteiger partial charge in [0, 0.05) is 58.8 Å². The largest absolute Gasteiger partial charge is 0.760 e. The van der Waals surface area contributed by atoms with Gasteiger partial charge in [0.05, 0.1) is 17.9 Å². The number of nitrogens with zero attached hydrogens (tertiary/aromatic N) is 3. The van der Waals surface area contributed by atoms with E-state index in [2.05, 4.69) is 4.98 Å². The SMILES string of the molecule is CC1(CC(=O)O)CC(c2cccc(Cl)c2)C(c2ccc(Cl)cc2)N(C(CN(Cc2cccnc2)S(=O)[O-])C2CC2)C1=O. The standard InChI is InChI=1S/C31H33Cl2N3O5S/c1-31(16-28(37)38)15-26(23-5-2-6-25(33)14-23)29(22-9-11-24(32)12-10-22)36(30(31)39)27(21-7-8-21)19-35(42(40)41)18-20-4-3-13-34-17-20/h2-6,9-14,17,21,26-27,29H,7-8,15-16,18-19H2,1H3,(H,37,38)(H,40,41)/p-1. The van der Waals surface area contributed by atoms with E-state index in [1.165, 1.54) is 4.31 Å². The lowest BCUT2D eigenvalue weighted by molar-refractivity contribution is -0.161. The van der Waals surface area contributed by atoms with Crippen LogP contribution in [0.3, 0.4) is 0 Å². The smallest absolute Gasteiger partial charge is 0.304 e. The number of amides is 1. The van der Waals surface area contributed by atoms with E-state index in [-0.39, 0.29) is 43.7 Å². The van der Waals surface area contributed by atoms with Crippen LogP contribution in [0.25, 0.3) is 0 Å². The molecule has 5 unspecified atom stereocenters. The number of benzene rings is 2. The molecule has 1 aliphatic carbocycles. The Labute approximate surface area is 258 Å². The fourth-order valence-corrected chi connectivity index (χ4v) is 7.13. The fourth-order valence-electron chi connectivity index (χ4n) is 6.27. The average molecular weight is 630 g/mol. The van der Waals surface area contributed by atoms with Crippen LogP contribution in [0.5, 0.6) is 0 Å². The van der Waals surface area contributed by atoms with Crippen molar-refractivity contribution in [2.75, 3.05) is 6.54 Å². The Morgan fingerprint density at radius 1 is 1.14 bits per heavy atom. The summed E-state index contributed by atoms with van der Waals surface area (Å²) in [6.07, 6.45) is 4.85. The summed E-state index contributed by atoms with van der Waals surface area (Å²) in [5.74, 6) is -1.60. The Morgan fingerprint density at radius 2 is 1.88 bits per heavy atom. The highest BCUT2D eigenvalue weighted by atomic mass is 35.5. The Kier molecular flexibility index (Phi) is 9.34. The molecule has 11 heteroatoms. The van der Waals surface area contributed by atoms with Gasteiger partial charge in [-0.1, -0.05) is 60.5 Å². The maximum Gasteiger partial charge on any atom is 0.304 e. The third kappa shape index (κ3) is 6.87. The zero-order valence-corrected chi connectivity index (χ0v) is 25.4. The van der Waals surface area contributed by atoms with Gasteiger partial charge in [-0.3, -0.25) is 18.8 Å². The summed E-state index contributed by atoms with van der Waals surface area (Å²) in [5.41, 5.74) is 1.22. The molecule has 1 saturated carbocycles. The van der Waals surface area contributed by atoms with E-state index in [1.54, 1.807) is 54.5 Å². The quantitative estimate of drug-likeness (QED) is 0.260. The zero-order chi connectivity index (χ0) is 30.0. The summed E-state index contributed by atoms with van der Waals surface area (Å²) in [5, 5.41) is 11.0. The van der Waals surface area contributed by atoms with E-state index in [9.17, 15) is 23.5 Å². The minimum Gasteiger partial charge on any atom is -0.760 e. The van der Waals surface area contributed by atoms with E-state index in [1.807, 2.05) is 30.3 Å². The van der Waals surface area contributed by atoms with Crippen molar-refractivity contribution < 1.29 is 23.5 Å². The second kappa shape index (κ2) is 12.8. The van der Waals surface area contributed by atoms with Crippen LogP contribution in [-0.4, -0.2) is 52.5 Å². The second-order valence-corrected chi connectivity index (χ2v) is 13.3. The monoisotopic (exact) mass is 628 g/mol. The highest BCUT2D eigenvalue weighted by Gasteiger charge is 2.54. The van der Waals surface area contributed by atoms with Crippen molar-refractivity contribution in [1.82, 2.24) is 14.2 Å². The van der Waals surface area contributed by atoms with E-state index in [0.717, 1.165) is 29.5 Å². The molecule has 2 heterocycles. The number of aromatic nitrogens is 1. The number of aliphatic carboxylic acids is 1. The van der Waals surface area contributed by atoms with Crippen molar-refractivity contribution in [3.05, 3.63) is 99.8 Å². The van der Waals surface area contributed by atoms with Crippen LogP contribution in [0.4, 0.5) is 0 Å². The third-order valence-electron chi connectivity index (χ3n) is 8.34. The number of carbonyl (C=O) groups excluding carboxylic acids is 1. The lowest BCUT2D eigenvalue weighted by Gasteiger charge is -2.52. The van der Waals surface area contributed by atoms with Crippen LogP contribution in [-0.2, 0) is 27.4 Å². The number of carboxylic acids is 1. The molecule has 1 saturated heterocycles. The number of hydrogen-bond acceptors (Lipinski definition) is 5. The first kappa shape index (κ1) is 30.6. The number of rotatable bonds is 11. The zero-order valence-electron chi connectivity index (χ0n) is 23.1. The lowest BCUT2D eigenvalue weighted by atomic mass is 9.67. The van der Waals surface area contributed by atoms with E-state index < -0.39 is 34.7 Å². The molecular weight excluding hydrogens is 597 g/mol. The molecule has 0 radical (unpaired) electrons. The number of carbonyl (C=O) groups is 2. The first-order valence-corrected chi connectivity index (χ1v) is 15.6. The summed E-state index contributed by atoms with van der Waals surface area (Å²) in [6.45, 7) is 1.87. The summed E-state index contributed by atoms with van der Waals surface area (Å²) in [7, 11) is 0. The van der Waals surface area contributed by atoms with Gasteiger partial charge in [-0.05, 0) is 72.2 Å². The Balaban J connectivity index is 1.64. The maximum atomic E-state index is 14.6. The van der Waals surface area contributed by atoms with Gasteiger partial charge >= 0.3 is 5.97 Å². The third-order valence-corrected chi connectivity index (χ3v) is 9.53. The minimum absolute atomic E-state index is 0.0656. The molecule has 1 aromatic heterocycles. The van der Waals surface area contributed by atoms with Crippen LogP contribution in [0.15, 0.2) is 73.1 Å². The summed E-state index contributed by atoms with van der Waals surface area (Å²) < 4.78 is 26.4. The number of carboxylic acid groups (broad SMARTS) is 1. The van der Waals surface area contributed by atoms with Gasteiger partial charge < -0.3 is 14.6 Å². The predicted molar refractivity (Wildman–Crippen MR) is 160 cm³/mol. The molecule has 1 N–H and O–H groups in total. The van der Waals surface area contributed by atoms with Gasteiger partial charge in [-0.25, -0.2) is 4.31 Å². The number of halogens is 2. The fraction of sp³-hybridized carbons (Fsp3) is 0.387. The molecular formula is C31H32Cl2N3O5S-. The summed E-state index contributed by atoms with van der Waals surface area (Å²) >= 11 is 10.1. The minimum atomic E-state index is -2.58. The van der Waals surface area contributed by atoms with E-state index in [4.69, 9.17) is 23.2 Å². The van der Waals surface area contributed by atoms with Crippen LogP contribution in [0.2, 0.25) is 10.0 Å². The second-order valence-electron chi connectivity index (χ2n) is 11.5. The van der Waals surface area contributed by atoms with Gasteiger partial charge in [0.1, 0.15) is 0 Å². The first-order valence-electron chi connectivity index (χ1n) is 13.8. The van der Waals surface area contributed by atoms with Gasteiger partial charge in [-0.15, -0.1) is 0 Å². The van der Waals surface area contributed by atoms with Gasteiger partial charge in [-0.2, -0.15) is 0 Å². The van der Waals surface area contributed by atoms with E-state index in [0.29, 0.717) is 10.0 Å². The molecule has 42 heavy (non-hydrogen) atoms. The van der Waals surface area contributed by atoms with Crippen molar-refractivity contribution in [1.29, 1.82) is 0 Å². The molecule has 222 valence electrons. The molecule has 1 aliphatic heterocycles. The Morgan fingerprint density at radius 3 is 2.48 bits per heavy atom. The number of pyridine rings is 1. The molecule has 8 nitrogen and oxygen atoms in total. The molecule has 2 aromatic carbocycles. The van der Waals surface area contributed by atoms with Gasteiger partial charge in [0.2, 0.25) is 5.91 Å². The van der Waals surface area contributed by atoms with Gasteiger partial charge in [0.15, 0.2) is 0 Å². The molecule has 0 spiro atoms. The number of piperidine rings is 1. The van der Waals surface area contributed by atoms with Crippen molar-refractivity contribution in [3.63, 3.8) is 0 Å². The molecule has 5 atom stereocenters. The highest BCUT2D eigenvalue weighted by molar-refractivity contribution is 7.76. The normalized spacial score (nSPS) is 24.0. The number of likely N-dealkylation sites (tertiary alicyclic amines) is 1. The molecule has 0 bridgehead atoms. The molecule has 3 aromatic rings. The van der Waals surface area contributed by atoms with Crippen molar-refractivity contribution >= 4 is 46.3 Å². The maximum absolute atomic E-state index is 14.6. The van der Waals surface area contributed by atoms with Crippen LogP contribution in [0, 0.1) is 11.3 Å². The van der Waals surface area contributed by atoms with Crippen LogP contribution >= 0.6 is 23.2 Å². The summed E-state index contributed by atoms with van der Waals surface area (Å²) in [4.78, 5) is 32.6. The van der Waals surface area contributed by atoms with Crippen LogP contribution in [0.1, 0.15) is 61.3 Å². The lowest BCUT2D eigenvalue weighted by Crippen LogP contribution is -2.59. The molecule has 2 aliphatic rings. The average Bonchev–Trinajstić information content (AvgIpc) is 3.79. The Hall–Kier alpha value is -2.82. The van der Waals surface area contributed by atoms with Gasteiger partial charge in [0.25, 0.3) is 0 Å². The molecule has 5 rings (SSSR count). The topological polar surface area (TPSA) is 114 Å². The molecule has 2 fully saturated rings. The molecule has 1 amide bonds. The first-order chi connectivity index (χ1) is 20.1. The number of hydrogen-bond donors (Lipinski definition) is 1. The summed E-state index contributed by atoms with van der Waals surface area (Å²) in [6, 6.07) is 17.3. The predicted octanol–water partition coefficient (Wildman–Crippen LogP) is 6.00. The van der Waals surface area contributed by atoms with Crippen molar-refractivity contribution in [2.24, 2.45) is 11.3 Å². The highest BCUT2D eigenvalue weighted by Crippen LogP contribution is 2.54. The van der Waals surface area contributed by atoms with Crippen LogP contribution < -0.4 is 0 Å². The van der Waals surface area contributed by atoms with Crippen molar-refractivity contribution in [2.45, 2.75) is 57.2 Å². The van der Waals surface area contributed by atoms with Crippen molar-refractivity contribution in [3.8, 4) is 0 Å².